The largest absolute Gasteiger partial charge is 0.382 e. The third-order valence-corrected chi connectivity index (χ3v) is 3.18. The first-order valence-electron chi connectivity index (χ1n) is 6.17. The molecule has 0 aliphatic carbocycles. The smallest absolute Gasteiger partial charge is 0.247 e. The summed E-state index contributed by atoms with van der Waals surface area (Å²) in [6.45, 7) is -0.0240. The minimum Gasteiger partial charge on any atom is -0.382 e. The molecule has 2 unspecified atom stereocenters. The van der Waals surface area contributed by atoms with Crippen molar-refractivity contribution >= 4 is 17.5 Å². The number of benzene rings is 1. The molecule has 1 aromatic rings. The van der Waals surface area contributed by atoms with Gasteiger partial charge in [0.25, 0.3) is 0 Å². The van der Waals surface area contributed by atoms with E-state index < -0.39 is 18.1 Å². The van der Waals surface area contributed by atoms with Crippen molar-refractivity contribution in [2.45, 2.75) is 25.0 Å². The fourth-order valence-electron chi connectivity index (χ4n) is 2.06. The zero-order chi connectivity index (χ0) is 13.8. The topological polar surface area (TPSA) is 104 Å². The molecule has 0 saturated carbocycles. The van der Waals surface area contributed by atoms with E-state index in [0.29, 0.717) is 6.42 Å². The minimum atomic E-state index is -1.28. The van der Waals surface area contributed by atoms with Crippen molar-refractivity contribution in [2.75, 3.05) is 11.9 Å². The van der Waals surface area contributed by atoms with Crippen LogP contribution >= 0.6 is 0 Å². The van der Waals surface area contributed by atoms with Crippen LogP contribution in [0.25, 0.3) is 0 Å². The molecule has 2 amide bonds. The fraction of sp³-hybridized carbons (Fsp3) is 0.385. The lowest BCUT2D eigenvalue weighted by Gasteiger charge is -2.16. The SMILES string of the molecule is NC(=O)C(O)CNC1CCc2ccccc2NC1=O. The number of hydrogen-bond acceptors (Lipinski definition) is 4. The quantitative estimate of drug-likeness (QED) is 0.581. The highest BCUT2D eigenvalue weighted by molar-refractivity contribution is 5.96. The number of nitrogens with two attached hydrogens (primary N) is 1. The van der Waals surface area contributed by atoms with Gasteiger partial charge >= 0.3 is 0 Å². The molecule has 0 radical (unpaired) electrons. The summed E-state index contributed by atoms with van der Waals surface area (Å²) in [6.07, 6.45) is 0.0755. The number of primary amides is 1. The van der Waals surface area contributed by atoms with Gasteiger partial charge in [0.1, 0.15) is 6.10 Å². The molecule has 0 aromatic heterocycles. The number of carbonyl (C=O) groups is 2. The number of para-hydroxylation sites is 1. The first-order chi connectivity index (χ1) is 9.08. The molecule has 1 aliphatic rings. The second-order valence-electron chi connectivity index (χ2n) is 4.56. The van der Waals surface area contributed by atoms with Gasteiger partial charge in [-0.3, -0.25) is 9.59 Å². The molecule has 1 heterocycles. The van der Waals surface area contributed by atoms with Crippen LogP contribution < -0.4 is 16.4 Å². The second-order valence-corrected chi connectivity index (χ2v) is 4.56. The lowest BCUT2D eigenvalue weighted by Crippen LogP contribution is -2.46. The number of amides is 2. The maximum atomic E-state index is 12.0. The normalized spacial score (nSPS) is 20.1. The van der Waals surface area contributed by atoms with E-state index in [1.54, 1.807) is 0 Å². The summed E-state index contributed by atoms with van der Waals surface area (Å²) >= 11 is 0. The number of nitrogens with one attached hydrogen (secondary N) is 2. The third kappa shape index (κ3) is 3.30. The number of hydrogen-bond donors (Lipinski definition) is 4. The standard InChI is InChI=1S/C13H17N3O3/c14-12(18)11(17)7-15-10-6-5-8-3-1-2-4-9(8)16-13(10)19/h1-4,10-11,15,17H,5-7H2,(H2,14,18)(H,16,19). The number of anilines is 1. The van der Waals surface area contributed by atoms with Crippen molar-refractivity contribution in [3.63, 3.8) is 0 Å². The van der Waals surface area contributed by atoms with E-state index in [4.69, 9.17) is 5.73 Å². The number of aryl methyl sites for hydroxylation is 1. The Balaban J connectivity index is 1.99. The van der Waals surface area contributed by atoms with Crippen LogP contribution in [0.4, 0.5) is 5.69 Å². The van der Waals surface area contributed by atoms with Gasteiger partial charge in [0.2, 0.25) is 11.8 Å². The Bertz CT molecular complexity index is 490. The highest BCUT2D eigenvalue weighted by Gasteiger charge is 2.24. The maximum absolute atomic E-state index is 12.0. The number of aliphatic hydroxyl groups excluding tert-OH is 1. The zero-order valence-corrected chi connectivity index (χ0v) is 10.4. The highest BCUT2D eigenvalue weighted by Crippen LogP contribution is 2.21. The first-order valence-corrected chi connectivity index (χ1v) is 6.17. The Labute approximate surface area is 111 Å². The Morgan fingerprint density at radius 3 is 3.00 bits per heavy atom. The van der Waals surface area contributed by atoms with E-state index in [0.717, 1.165) is 17.7 Å². The zero-order valence-electron chi connectivity index (χ0n) is 10.4. The van der Waals surface area contributed by atoms with Crippen molar-refractivity contribution in [1.82, 2.24) is 5.32 Å². The Morgan fingerprint density at radius 1 is 1.53 bits per heavy atom. The number of aliphatic hydroxyl groups is 1. The van der Waals surface area contributed by atoms with E-state index in [1.807, 2.05) is 24.3 Å². The van der Waals surface area contributed by atoms with Gasteiger partial charge in [-0.2, -0.15) is 0 Å². The van der Waals surface area contributed by atoms with Gasteiger partial charge in [-0.25, -0.2) is 0 Å². The van der Waals surface area contributed by atoms with Gasteiger partial charge in [0.15, 0.2) is 0 Å². The van der Waals surface area contributed by atoms with Crippen molar-refractivity contribution in [3.05, 3.63) is 29.8 Å². The number of carbonyl (C=O) groups excluding carboxylic acids is 2. The van der Waals surface area contributed by atoms with E-state index in [-0.39, 0.29) is 12.5 Å². The van der Waals surface area contributed by atoms with Crippen molar-refractivity contribution in [2.24, 2.45) is 5.73 Å². The second kappa shape index (κ2) is 5.81. The van der Waals surface area contributed by atoms with Crippen LogP contribution in [-0.2, 0) is 16.0 Å². The summed E-state index contributed by atoms with van der Waals surface area (Å²) in [5.74, 6) is -0.966. The third-order valence-electron chi connectivity index (χ3n) is 3.18. The molecule has 1 aromatic carbocycles. The lowest BCUT2D eigenvalue weighted by atomic mass is 10.1. The average Bonchev–Trinajstić information content (AvgIpc) is 2.54. The van der Waals surface area contributed by atoms with Crippen LogP contribution in [0.3, 0.4) is 0 Å². The molecule has 6 heteroatoms. The molecular weight excluding hydrogens is 246 g/mol. The monoisotopic (exact) mass is 263 g/mol. The molecule has 1 aliphatic heterocycles. The Hall–Kier alpha value is -1.92. The Kier molecular flexibility index (Phi) is 4.13. The summed E-state index contributed by atoms with van der Waals surface area (Å²) in [4.78, 5) is 22.7. The van der Waals surface area contributed by atoms with Crippen LogP contribution in [0.2, 0.25) is 0 Å². The molecule has 0 spiro atoms. The van der Waals surface area contributed by atoms with Crippen molar-refractivity contribution in [3.8, 4) is 0 Å². The molecule has 0 bridgehead atoms. The molecule has 2 atom stereocenters. The van der Waals surface area contributed by atoms with E-state index >= 15 is 0 Å². The molecule has 0 fully saturated rings. The summed E-state index contributed by atoms with van der Waals surface area (Å²) in [5, 5.41) is 15.0. The van der Waals surface area contributed by atoms with E-state index in [9.17, 15) is 14.7 Å². The minimum absolute atomic E-state index is 0.0240. The summed E-state index contributed by atoms with van der Waals surface area (Å²) in [5.41, 5.74) is 6.85. The summed E-state index contributed by atoms with van der Waals surface area (Å²) in [7, 11) is 0. The number of rotatable bonds is 4. The summed E-state index contributed by atoms with van der Waals surface area (Å²) in [6, 6.07) is 7.17. The molecule has 2 rings (SSSR count). The van der Waals surface area contributed by atoms with E-state index in [2.05, 4.69) is 10.6 Å². The van der Waals surface area contributed by atoms with Gasteiger partial charge in [-0.15, -0.1) is 0 Å². The first kappa shape index (κ1) is 13.5. The number of fused-ring (bicyclic) bond motifs is 1. The molecular formula is C13H17N3O3. The van der Waals surface area contributed by atoms with Crippen LogP contribution in [-0.4, -0.2) is 35.6 Å². The molecule has 5 N–H and O–H groups in total. The van der Waals surface area contributed by atoms with Gasteiger partial charge in [-0.1, -0.05) is 18.2 Å². The van der Waals surface area contributed by atoms with Crippen LogP contribution in [0.15, 0.2) is 24.3 Å². The lowest BCUT2D eigenvalue weighted by molar-refractivity contribution is -0.126. The predicted molar refractivity (Wildman–Crippen MR) is 70.4 cm³/mol. The van der Waals surface area contributed by atoms with Crippen LogP contribution in [0.1, 0.15) is 12.0 Å². The van der Waals surface area contributed by atoms with E-state index in [1.165, 1.54) is 0 Å². The molecule has 6 nitrogen and oxygen atoms in total. The maximum Gasteiger partial charge on any atom is 0.247 e. The van der Waals surface area contributed by atoms with Crippen LogP contribution in [0, 0.1) is 0 Å². The average molecular weight is 263 g/mol. The molecule has 102 valence electrons. The predicted octanol–water partition coefficient (Wildman–Crippen LogP) is -0.624. The van der Waals surface area contributed by atoms with Crippen molar-refractivity contribution in [1.29, 1.82) is 0 Å². The van der Waals surface area contributed by atoms with Crippen LogP contribution in [0.5, 0.6) is 0 Å². The molecule has 0 saturated heterocycles. The fourth-order valence-corrected chi connectivity index (χ4v) is 2.06. The molecule has 19 heavy (non-hydrogen) atoms. The van der Waals surface area contributed by atoms with Gasteiger partial charge < -0.3 is 21.5 Å². The van der Waals surface area contributed by atoms with Crippen molar-refractivity contribution < 1.29 is 14.7 Å². The summed E-state index contributed by atoms with van der Waals surface area (Å²) < 4.78 is 0. The van der Waals surface area contributed by atoms with Gasteiger partial charge in [0, 0.05) is 12.2 Å². The van der Waals surface area contributed by atoms with Gasteiger partial charge in [-0.05, 0) is 24.5 Å². The van der Waals surface area contributed by atoms with Gasteiger partial charge in [0.05, 0.1) is 6.04 Å². The Morgan fingerprint density at radius 2 is 2.26 bits per heavy atom. The highest BCUT2D eigenvalue weighted by atomic mass is 16.3.